The van der Waals surface area contributed by atoms with Gasteiger partial charge in [0.1, 0.15) is 5.56 Å². The van der Waals surface area contributed by atoms with Crippen LogP contribution in [0.15, 0.2) is 30.3 Å². The molecule has 0 amide bonds. The van der Waals surface area contributed by atoms with Crippen LogP contribution in [0.2, 0.25) is 5.02 Å². The van der Waals surface area contributed by atoms with E-state index in [1.165, 1.54) is 6.07 Å². The van der Waals surface area contributed by atoms with Gasteiger partial charge in [-0.2, -0.15) is 0 Å². The van der Waals surface area contributed by atoms with Crippen molar-refractivity contribution < 1.29 is 19.1 Å². The molecule has 0 saturated carbocycles. The van der Waals surface area contributed by atoms with Crippen LogP contribution in [0, 0.1) is 6.92 Å². The highest BCUT2D eigenvalue weighted by Gasteiger charge is 2.29. The van der Waals surface area contributed by atoms with Gasteiger partial charge in [0.25, 0.3) is 0 Å². The van der Waals surface area contributed by atoms with Crippen LogP contribution in [0.25, 0.3) is 0 Å². The molecular weight excluding hydrogens is 366 g/mol. The van der Waals surface area contributed by atoms with E-state index < -0.39 is 11.9 Å². The molecule has 27 heavy (non-hydrogen) atoms. The second-order valence-electron chi connectivity index (χ2n) is 7.23. The Labute approximate surface area is 164 Å². The molecule has 2 aromatic carbocycles. The van der Waals surface area contributed by atoms with Gasteiger partial charge < -0.3 is 15.2 Å². The molecule has 144 valence electrons. The van der Waals surface area contributed by atoms with Crippen molar-refractivity contribution in [1.29, 1.82) is 0 Å². The molecule has 2 N–H and O–H groups in total. The number of rotatable bonds is 4. The highest BCUT2D eigenvalue weighted by molar-refractivity contribution is 6.30. The van der Waals surface area contributed by atoms with Gasteiger partial charge in [0, 0.05) is 5.02 Å². The van der Waals surface area contributed by atoms with Crippen molar-refractivity contribution in [2.24, 2.45) is 0 Å². The minimum absolute atomic E-state index is 0.0668. The molecule has 0 aliphatic heterocycles. The number of esters is 2. The molecule has 0 fully saturated rings. The molecule has 0 aliphatic carbocycles. The number of ether oxygens (including phenoxy) is 2. The van der Waals surface area contributed by atoms with E-state index in [4.69, 9.17) is 26.8 Å². The molecule has 2 rings (SSSR count). The van der Waals surface area contributed by atoms with Gasteiger partial charge in [-0.25, -0.2) is 9.59 Å². The summed E-state index contributed by atoms with van der Waals surface area (Å²) in [5.74, 6) is -1.16. The second kappa shape index (κ2) is 8.01. The smallest absolute Gasteiger partial charge is 0.344 e. The summed E-state index contributed by atoms with van der Waals surface area (Å²) in [6, 6.07) is 8.22. The van der Waals surface area contributed by atoms with Crippen LogP contribution >= 0.6 is 11.6 Å². The predicted octanol–water partition coefficient (Wildman–Crippen LogP) is 4.92. The summed E-state index contributed by atoms with van der Waals surface area (Å²) in [5.41, 5.74) is 7.99. The van der Waals surface area contributed by atoms with Gasteiger partial charge in [0.15, 0.2) is 5.75 Å². The Balaban J connectivity index is 2.59. The Morgan fingerprint density at radius 3 is 2.37 bits per heavy atom. The molecule has 0 saturated heterocycles. The Bertz CT molecular complexity index is 884. The van der Waals surface area contributed by atoms with Crippen LogP contribution in [0.4, 0.5) is 5.69 Å². The van der Waals surface area contributed by atoms with E-state index >= 15 is 0 Å². The van der Waals surface area contributed by atoms with Crippen molar-refractivity contribution in [3.8, 4) is 5.75 Å². The molecular formula is C21H24ClNO4. The Hall–Kier alpha value is -2.53. The van der Waals surface area contributed by atoms with Gasteiger partial charge in [-0.05, 0) is 54.7 Å². The zero-order chi connectivity index (χ0) is 20.4. The fraction of sp³-hybridized carbons (Fsp3) is 0.333. The van der Waals surface area contributed by atoms with E-state index in [1.54, 1.807) is 32.0 Å². The maximum atomic E-state index is 12.6. The van der Waals surface area contributed by atoms with Crippen molar-refractivity contribution in [2.75, 3.05) is 12.3 Å². The minimum atomic E-state index is -0.631. The molecule has 5 nitrogen and oxygen atoms in total. The first kappa shape index (κ1) is 20.8. The average Bonchev–Trinajstić information content (AvgIpc) is 2.57. The highest BCUT2D eigenvalue weighted by atomic mass is 35.5. The molecule has 0 radical (unpaired) electrons. The van der Waals surface area contributed by atoms with Crippen LogP contribution in [-0.4, -0.2) is 18.5 Å². The first-order valence-corrected chi connectivity index (χ1v) is 9.02. The van der Waals surface area contributed by atoms with Crippen molar-refractivity contribution >= 4 is 29.2 Å². The number of benzene rings is 2. The van der Waals surface area contributed by atoms with Crippen LogP contribution in [0.3, 0.4) is 0 Å². The molecule has 0 spiro atoms. The minimum Gasteiger partial charge on any atom is -0.462 e. The monoisotopic (exact) mass is 389 g/mol. The second-order valence-corrected chi connectivity index (χ2v) is 7.67. The standard InChI is InChI=1S/C21H24ClNO4/c1-6-26-20(25)16-17(23)15(21(3,4)5)10-12(2)18(16)27-19(24)13-8-7-9-14(22)11-13/h7-11H,6,23H2,1-5H3. The number of carbonyl (C=O) groups is 2. The van der Waals surface area contributed by atoms with Crippen molar-refractivity contribution in [3.63, 3.8) is 0 Å². The molecule has 0 unspecified atom stereocenters. The summed E-state index contributed by atoms with van der Waals surface area (Å²) in [6.45, 7) is 9.61. The molecule has 0 heterocycles. The number of nitrogen functional groups attached to an aromatic ring is 1. The lowest BCUT2D eigenvalue weighted by molar-refractivity contribution is 0.0521. The van der Waals surface area contributed by atoms with Crippen molar-refractivity contribution in [3.05, 3.63) is 57.6 Å². The number of carbonyl (C=O) groups excluding carboxylic acids is 2. The average molecular weight is 390 g/mol. The molecule has 0 bridgehead atoms. The molecule has 0 aliphatic rings. The van der Waals surface area contributed by atoms with Crippen LogP contribution in [0.1, 0.15) is 59.5 Å². The van der Waals surface area contributed by atoms with E-state index in [0.717, 1.165) is 5.56 Å². The lowest BCUT2D eigenvalue weighted by Crippen LogP contribution is -2.21. The number of hydrogen-bond donors (Lipinski definition) is 1. The van der Waals surface area contributed by atoms with E-state index in [1.807, 2.05) is 26.8 Å². The van der Waals surface area contributed by atoms with Gasteiger partial charge in [-0.3, -0.25) is 0 Å². The zero-order valence-electron chi connectivity index (χ0n) is 16.2. The molecule has 2 aromatic rings. The highest BCUT2D eigenvalue weighted by Crippen LogP contribution is 2.38. The van der Waals surface area contributed by atoms with Gasteiger partial charge in [0.2, 0.25) is 0 Å². The topological polar surface area (TPSA) is 78.6 Å². The normalized spacial score (nSPS) is 11.2. The quantitative estimate of drug-likeness (QED) is 0.456. The number of aryl methyl sites for hydroxylation is 1. The van der Waals surface area contributed by atoms with Gasteiger partial charge in [0.05, 0.1) is 17.9 Å². The third kappa shape index (κ3) is 4.61. The summed E-state index contributed by atoms with van der Waals surface area (Å²) < 4.78 is 10.7. The lowest BCUT2D eigenvalue weighted by Gasteiger charge is -2.25. The van der Waals surface area contributed by atoms with E-state index in [9.17, 15) is 9.59 Å². The Morgan fingerprint density at radius 1 is 1.15 bits per heavy atom. The maximum Gasteiger partial charge on any atom is 0.344 e. The largest absolute Gasteiger partial charge is 0.462 e. The van der Waals surface area contributed by atoms with E-state index in [0.29, 0.717) is 10.6 Å². The van der Waals surface area contributed by atoms with Gasteiger partial charge in [-0.1, -0.05) is 38.4 Å². The van der Waals surface area contributed by atoms with Crippen LogP contribution in [-0.2, 0) is 10.2 Å². The Morgan fingerprint density at radius 2 is 1.81 bits per heavy atom. The third-order valence-corrected chi connectivity index (χ3v) is 4.28. The lowest BCUT2D eigenvalue weighted by atomic mass is 9.83. The SMILES string of the molecule is CCOC(=O)c1c(N)c(C(C)(C)C)cc(C)c1OC(=O)c1cccc(Cl)c1. The number of halogens is 1. The summed E-state index contributed by atoms with van der Waals surface area (Å²) >= 11 is 5.94. The van der Waals surface area contributed by atoms with Crippen LogP contribution in [0.5, 0.6) is 5.75 Å². The molecule has 0 atom stereocenters. The fourth-order valence-corrected chi connectivity index (χ4v) is 2.93. The fourth-order valence-electron chi connectivity index (χ4n) is 2.74. The van der Waals surface area contributed by atoms with Crippen molar-refractivity contribution in [2.45, 2.75) is 40.0 Å². The van der Waals surface area contributed by atoms with Crippen molar-refractivity contribution in [1.82, 2.24) is 0 Å². The van der Waals surface area contributed by atoms with Gasteiger partial charge in [-0.15, -0.1) is 0 Å². The molecule has 0 aromatic heterocycles. The van der Waals surface area contributed by atoms with E-state index in [-0.39, 0.29) is 34.6 Å². The van der Waals surface area contributed by atoms with Gasteiger partial charge >= 0.3 is 11.9 Å². The van der Waals surface area contributed by atoms with Crippen LogP contribution < -0.4 is 10.5 Å². The summed E-state index contributed by atoms with van der Waals surface area (Å²) in [6.07, 6.45) is 0. The zero-order valence-corrected chi connectivity index (χ0v) is 16.9. The van der Waals surface area contributed by atoms with E-state index in [2.05, 4.69) is 0 Å². The first-order chi connectivity index (χ1) is 12.6. The predicted molar refractivity (Wildman–Crippen MR) is 107 cm³/mol. The summed E-state index contributed by atoms with van der Waals surface area (Å²) in [4.78, 5) is 25.1. The third-order valence-electron chi connectivity index (χ3n) is 4.05. The number of anilines is 1. The first-order valence-electron chi connectivity index (χ1n) is 8.64. The number of hydrogen-bond acceptors (Lipinski definition) is 5. The summed E-state index contributed by atoms with van der Waals surface area (Å²) in [7, 11) is 0. The number of nitrogens with two attached hydrogens (primary N) is 1. The Kier molecular flexibility index (Phi) is 6.16. The summed E-state index contributed by atoms with van der Waals surface area (Å²) in [5, 5.41) is 0.411. The molecule has 6 heteroatoms. The maximum absolute atomic E-state index is 12.6.